The van der Waals surface area contributed by atoms with Crippen molar-refractivity contribution < 1.29 is 5.11 Å². The second kappa shape index (κ2) is 5.36. The zero-order valence-electron chi connectivity index (χ0n) is 8.96. The van der Waals surface area contributed by atoms with Gasteiger partial charge in [-0.3, -0.25) is 0 Å². The third kappa shape index (κ3) is 3.91. The van der Waals surface area contributed by atoms with Crippen LogP contribution in [0.1, 0.15) is 41.0 Å². The monoisotopic (exact) mass is 170 g/mol. The molecule has 0 aromatic rings. The molecular formula is C11H22O. The van der Waals surface area contributed by atoms with Crippen LogP contribution in [0.25, 0.3) is 0 Å². The maximum Gasteiger partial charge on any atom is 0.0625 e. The molecule has 0 aliphatic heterocycles. The van der Waals surface area contributed by atoms with E-state index in [9.17, 15) is 5.11 Å². The van der Waals surface area contributed by atoms with Gasteiger partial charge >= 0.3 is 0 Å². The predicted octanol–water partition coefficient (Wildman–Crippen LogP) is 3.00. The third-order valence-corrected chi connectivity index (χ3v) is 2.36. The molecule has 1 heteroatoms. The molecule has 0 saturated carbocycles. The van der Waals surface area contributed by atoms with E-state index in [-0.39, 0.29) is 12.0 Å². The van der Waals surface area contributed by atoms with Crippen LogP contribution >= 0.6 is 0 Å². The Bertz CT molecular complexity index is 145. The minimum atomic E-state index is -0.190. The van der Waals surface area contributed by atoms with E-state index in [4.69, 9.17) is 0 Å². The second-order valence-corrected chi connectivity index (χ2v) is 3.98. The predicted molar refractivity (Wildman–Crippen MR) is 54.1 cm³/mol. The minimum absolute atomic E-state index is 0.190. The summed E-state index contributed by atoms with van der Waals surface area (Å²) in [6, 6.07) is 0. The molecule has 72 valence electrons. The highest BCUT2D eigenvalue weighted by atomic mass is 16.3. The number of allylic oxidation sites excluding steroid dienone is 1. The standard InChI is InChI=1S/C11H22O/c1-6-9(4)11(12)10(5)7-8(2)3/h7,9-12H,6H2,1-5H3/t9-,10-,11-/m1/s1. The summed E-state index contributed by atoms with van der Waals surface area (Å²) in [5.41, 5.74) is 1.28. The summed E-state index contributed by atoms with van der Waals surface area (Å²) in [6.07, 6.45) is 2.99. The lowest BCUT2D eigenvalue weighted by atomic mass is 9.90. The topological polar surface area (TPSA) is 20.2 Å². The highest BCUT2D eigenvalue weighted by Gasteiger charge is 2.17. The summed E-state index contributed by atoms with van der Waals surface area (Å²) in [6.45, 7) is 10.4. The van der Waals surface area contributed by atoms with Crippen molar-refractivity contribution in [2.24, 2.45) is 11.8 Å². The number of rotatable bonds is 4. The normalized spacial score (nSPS) is 18.2. The Balaban J connectivity index is 4.09. The van der Waals surface area contributed by atoms with Crippen molar-refractivity contribution in [3.05, 3.63) is 11.6 Å². The van der Waals surface area contributed by atoms with Gasteiger partial charge in [-0.05, 0) is 19.8 Å². The van der Waals surface area contributed by atoms with Gasteiger partial charge in [0.15, 0.2) is 0 Å². The molecule has 1 N–H and O–H groups in total. The first-order chi connectivity index (χ1) is 5.49. The molecule has 0 aliphatic rings. The van der Waals surface area contributed by atoms with Gasteiger partial charge in [-0.1, -0.05) is 38.8 Å². The fourth-order valence-corrected chi connectivity index (χ4v) is 1.38. The SMILES string of the molecule is CC[C@@H](C)[C@@H](O)[C@H](C)C=C(C)C. The van der Waals surface area contributed by atoms with Gasteiger partial charge in [0.1, 0.15) is 0 Å². The molecule has 3 atom stereocenters. The number of aliphatic hydroxyl groups excluding tert-OH is 1. The Morgan fingerprint density at radius 2 is 1.83 bits per heavy atom. The first-order valence-electron chi connectivity index (χ1n) is 4.82. The quantitative estimate of drug-likeness (QED) is 0.643. The Morgan fingerprint density at radius 3 is 2.17 bits per heavy atom. The van der Waals surface area contributed by atoms with Crippen LogP contribution in [0.4, 0.5) is 0 Å². The maximum atomic E-state index is 9.79. The first-order valence-corrected chi connectivity index (χ1v) is 4.82. The lowest BCUT2D eigenvalue weighted by Gasteiger charge is -2.21. The molecule has 0 unspecified atom stereocenters. The van der Waals surface area contributed by atoms with Crippen molar-refractivity contribution in [1.29, 1.82) is 0 Å². The molecule has 0 heterocycles. The summed E-state index contributed by atoms with van der Waals surface area (Å²) in [5, 5.41) is 9.79. The summed E-state index contributed by atoms with van der Waals surface area (Å²) >= 11 is 0. The Morgan fingerprint density at radius 1 is 1.33 bits per heavy atom. The first kappa shape index (κ1) is 11.7. The van der Waals surface area contributed by atoms with Gasteiger partial charge in [0.05, 0.1) is 6.10 Å². The van der Waals surface area contributed by atoms with E-state index >= 15 is 0 Å². The van der Waals surface area contributed by atoms with Crippen molar-refractivity contribution in [3.63, 3.8) is 0 Å². The number of hydrogen-bond acceptors (Lipinski definition) is 1. The van der Waals surface area contributed by atoms with Crippen LogP contribution in [0.15, 0.2) is 11.6 Å². The van der Waals surface area contributed by atoms with Gasteiger partial charge < -0.3 is 5.11 Å². The zero-order chi connectivity index (χ0) is 9.72. The van der Waals surface area contributed by atoms with Gasteiger partial charge in [-0.15, -0.1) is 0 Å². The lowest BCUT2D eigenvalue weighted by molar-refractivity contribution is 0.0810. The molecule has 0 fully saturated rings. The molecule has 0 radical (unpaired) electrons. The van der Waals surface area contributed by atoms with Gasteiger partial charge in [0.25, 0.3) is 0 Å². The largest absolute Gasteiger partial charge is 0.392 e. The third-order valence-electron chi connectivity index (χ3n) is 2.36. The van der Waals surface area contributed by atoms with E-state index in [2.05, 4.69) is 40.7 Å². The molecule has 0 aliphatic carbocycles. The van der Waals surface area contributed by atoms with Gasteiger partial charge in [0, 0.05) is 5.92 Å². The summed E-state index contributed by atoms with van der Waals surface area (Å²) in [4.78, 5) is 0. The number of hydrogen-bond donors (Lipinski definition) is 1. The summed E-state index contributed by atoms with van der Waals surface area (Å²) in [7, 11) is 0. The molecule has 0 bridgehead atoms. The highest BCUT2D eigenvalue weighted by molar-refractivity contribution is 4.98. The van der Waals surface area contributed by atoms with Crippen molar-refractivity contribution in [3.8, 4) is 0 Å². The van der Waals surface area contributed by atoms with E-state index in [1.807, 2.05) is 0 Å². The fourth-order valence-electron chi connectivity index (χ4n) is 1.38. The molecule has 0 rings (SSSR count). The second-order valence-electron chi connectivity index (χ2n) is 3.98. The van der Waals surface area contributed by atoms with Crippen LogP contribution < -0.4 is 0 Å². The Kier molecular flexibility index (Phi) is 5.23. The van der Waals surface area contributed by atoms with Gasteiger partial charge in [-0.25, -0.2) is 0 Å². The Hall–Kier alpha value is -0.300. The summed E-state index contributed by atoms with van der Waals surface area (Å²) < 4.78 is 0. The molecule has 0 spiro atoms. The summed E-state index contributed by atoms with van der Waals surface area (Å²) in [5.74, 6) is 0.681. The van der Waals surface area contributed by atoms with Crippen LogP contribution in [0.2, 0.25) is 0 Å². The van der Waals surface area contributed by atoms with Crippen molar-refractivity contribution in [2.75, 3.05) is 0 Å². The van der Waals surface area contributed by atoms with E-state index in [1.165, 1.54) is 5.57 Å². The van der Waals surface area contributed by atoms with Crippen molar-refractivity contribution >= 4 is 0 Å². The number of aliphatic hydroxyl groups is 1. The van der Waals surface area contributed by atoms with E-state index in [0.717, 1.165) is 6.42 Å². The van der Waals surface area contributed by atoms with E-state index < -0.39 is 0 Å². The van der Waals surface area contributed by atoms with Crippen LogP contribution in [-0.4, -0.2) is 11.2 Å². The van der Waals surface area contributed by atoms with Crippen LogP contribution in [0, 0.1) is 11.8 Å². The van der Waals surface area contributed by atoms with Crippen LogP contribution in [0.5, 0.6) is 0 Å². The zero-order valence-corrected chi connectivity index (χ0v) is 8.96. The van der Waals surface area contributed by atoms with E-state index in [0.29, 0.717) is 5.92 Å². The fraction of sp³-hybridized carbons (Fsp3) is 0.818. The average molecular weight is 170 g/mol. The molecule has 12 heavy (non-hydrogen) atoms. The van der Waals surface area contributed by atoms with Gasteiger partial charge in [0.2, 0.25) is 0 Å². The lowest BCUT2D eigenvalue weighted by Crippen LogP contribution is -2.23. The molecule has 0 aromatic carbocycles. The van der Waals surface area contributed by atoms with Gasteiger partial charge in [-0.2, -0.15) is 0 Å². The van der Waals surface area contributed by atoms with Crippen molar-refractivity contribution in [1.82, 2.24) is 0 Å². The molecule has 0 aromatic heterocycles. The highest BCUT2D eigenvalue weighted by Crippen LogP contribution is 2.17. The van der Waals surface area contributed by atoms with Crippen LogP contribution in [0.3, 0.4) is 0 Å². The molecular weight excluding hydrogens is 148 g/mol. The molecule has 0 saturated heterocycles. The maximum absolute atomic E-state index is 9.79. The van der Waals surface area contributed by atoms with E-state index in [1.54, 1.807) is 0 Å². The smallest absolute Gasteiger partial charge is 0.0625 e. The molecule has 0 amide bonds. The Labute approximate surface area is 76.5 Å². The average Bonchev–Trinajstić information content (AvgIpc) is 2.00. The molecule has 1 nitrogen and oxygen atoms in total. The van der Waals surface area contributed by atoms with Crippen molar-refractivity contribution in [2.45, 2.75) is 47.1 Å². The van der Waals surface area contributed by atoms with Crippen LogP contribution in [-0.2, 0) is 0 Å². The minimum Gasteiger partial charge on any atom is -0.392 e.